The smallest absolute Gasteiger partial charge is 0.136 e. The van der Waals surface area contributed by atoms with Crippen LogP contribution in [0.25, 0.3) is 0 Å². The number of alkyl halides is 1. The highest BCUT2D eigenvalue weighted by atomic mass is 35.5. The average Bonchev–Trinajstić information content (AvgIpc) is 1.79. The Balaban J connectivity index is 0.000000225. The second kappa shape index (κ2) is 30.7. The number of carbonyl (C=O) groups excluding carboxylic acids is 1. The molecule has 2 aromatic rings. The van der Waals surface area contributed by atoms with Crippen molar-refractivity contribution >= 4 is 23.1 Å². The van der Waals surface area contributed by atoms with E-state index in [0.29, 0.717) is 59.0 Å². The van der Waals surface area contributed by atoms with Gasteiger partial charge in [0.2, 0.25) is 0 Å². The number of Topliss-reactive ketones (excluding diaryl/α,β-unsaturated/α-hetero) is 1. The van der Waals surface area contributed by atoms with Crippen molar-refractivity contribution in [2.45, 2.75) is 340 Å². The van der Waals surface area contributed by atoms with Gasteiger partial charge >= 0.3 is 0 Å². The number of aliphatic hydroxyl groups excluding tert-OH is 2. The molecule has 2 bridgehead atoms. The van der Waals surface area contributed by atoms with Crippen LogP contribution in [-0.2, 0) is 11.3 Å². The lowest BCUT2D eigenvalue weighted by Crippen LogP contribution is -2.61. The lowest BCUT2D eigenvalue weighted by molar-refractivity contribution is -0.131. The number of nitrogens with one attached hydrogen (secondary N) is 1. The molecule has 1 saturated carbocycles. The van der Waals surface area contributed by atoms with Crippen LogP contribution in [0.2, 0.25) is 0 Å². The van der Waals surface area contributed by atoms with Crippen molar-refractivity contribution in [2.75, 3.05) is 60.7 Å². The third-order valence-corrected chi connectivity index (χ3v) is 24.6. The molecule has 3 N–H and O–H groups in total. The zero-order valence-corrected chi connectivity index (χ0v) is 63.9. The molecule has 89 heavy (non-hydrogen) atoms. The van der Waals surface area contributed by atoms with Crippen LogP contribution in [-0.4, -0.2) is 197 Å². The summed E-state index contributed by atoms with van der Waals surface area (Å²) in [5.74, 6) is 2.69. The van der Waals surface area contributed by atoms with Gasteiger partial charge in [0.15, 0.2) is 0 Å². The van der Waals surface area contributed by atoms with Crippen LogP contribution in [0.1, 0.15) is 248 Å². The fourth-order valence-electron chi connectivity index (χ4n) is 16.8. The van der Waals surface area contributed by atoms with Gasteiger partial charge < -0.3 is 20.4 Å². The Hall–Kier alpha value is -2.16. The second-order valence-corrected chi connectivity index (χ2v) is 36.3. The number of ketones is 1. The molecule has 1 aliphatic carbocycles. The van der Waals surface area contributed by atoms with Crippen LogP contribution in [0, 0.1) is 17.8 Å². The van der Waals surface area contributed by atoms with Gasteiger partial charge in [-0.2, -0.15) is 0 Å². The van der Waals surface area contributed by atoms with E-state index >= 15 is 0 Å². The van der Waals surface area contributed by atoms with Gasteiger partial charge in [0.05, 0.1) is 12.2 Å². The minimum Gasteiger partial charge on any atom is -0.393 e. The monoisotopic (exact) mass is 1260 g/mol. The number of hydrogen-bond donors (Lipinski definition) is 3. The van der Waals surface area contributed by atoms with Gasteiger partial charge in [0.25, 0.3) is 0 Å². The first-order valence-electron chi connectivity index (χ1n) is 34.9. The van der Waals surface area contributed by atoms with E-state index in [9.17, 15) is 15.0 Å². The van der Waals surface area contributed by atoms with Crippen molar-refractivity contribution in [3.8, 4) is 0 Å². The van der Waals surface area contributed by atoms with Crippen molar-refractivity contribution in [1.82, 2.24) is 34.3 Å². The zero-order valence-electron chi connectivity index (χ0n) is 63.1. The molecule has 6 atom stereocenters. The molecule has 8 aliphatic rings. The van der Waals surface area contributed by atoms with Gasteiger partial charge in [-0.1, -0.05) is 62.4 Å². The molecule has 0 radical (unpaired) electrons. The Morgan fingerprint density at radius 2 is 0.899 bits per heavy atom. The largest absolute Gasteiger partial charge is 0.393 e. The molecule has 0 spiro atoms. The predicted octanol–water partition coefficient (Wildman–Crippen LogP) is 16.0. The van der Waals surface area contributed by atoms with Gasteiger partial charge in [0.1, 0.15) is 5.78 Å². The Labute approximate surface area is 554 Å². The molecule has 11 nitrogen and oxygen atoms in total. The van der Waals surface area contributed by atoms with E-state index in [0.717, 1.165) is 57.2 Å². The summed E-state index contributed by atoms with van der Waals surface area (Å²) in [6.07, 6.45) is 13.9. The molecule has 7 heterocycles. The number of halogens is 1. The number of anilines is 1. The van der Waals surface area contributed by atoms with Crippen LogP contribution in [0.4, 0.5) is 5.69 Å². The van der Waals surface area contributed by atoms with E-state index < -0.39 is 0 Å². The van der Waals surface area contributed by atoms with E-state index in [2.05, 4.69) is 302 Å². The quantitative estimate of drug-likeness (QED) is 0.256. The van der Waals surface area contributed by atoms with Gasteiger partial charge in [-0.3, -0.25) is 34.2 Å². The highest BCUT2D eigenvalue weighted by Crippen LogP contribution is 2.44. The molecular formula is C77H141ClN8O3. The summed E-state index contributed by atoms with van der Waals surface area (Å²) in [5, 5.41) is 23.7. The first-order chi connectivity index (χ1) is 40.4. The van der Waals surface area contributed by atoms with E-state index in [4.69, 9.17) is 11.6 Å². The first kappa shape index (κ1) is 79.3. The fourth-order valence-corrected chi connectivity index (χ4v) is 17.6. The number of para-hydroxylation sites is 1. The van der Waals surface area contributed by atoms with Crippen LogP contribution in [0.3, 0.4) is 0 Å². The number of carbonyl (C=O) groups is 1. The maximum absolute atomic E-state index is 11.4. The number of fused-ring (bicyclic) bond motifs is 2. The van der Waals surface area contributed by atoms with Crippen LogP contribution < -0.4 is 5.32 Å². The number of nitrogens with zero attached hydrogens (tertiary/aromatic N) is 7. The molecular weight excluding hydrogens is 1120 g/mol. The van der Waals surface area contributed by atoms with Crippen LogP contribution in [0.5, 0.6) is 0 Å². The van der Waals surface area contributed by atoms with E-state index in [-0.39, 0.29) is 56.5 Å². The van der Waals surface area contributed by atoms with E-state index in [1.54, 1.807) is 0 Å². The molecule has 514 valence electrons. The SMILES string of the molecule is CC1C2CC(O)C1N(Cc1ccccc1)C2.CC1CCN(C)C1C.CN1C(C)(C)CC(=O)CC1(C)C.CN1C(C)(C)CC(Cl)CC1(C)C.CN1C(C)(C)CC(Nc2ccccc2)CC1(C)C.CN1C(C)(C)CC(O)CC1(C)C.CN1C(C)(C)CCCC1(C)C. The summed E-state index contributed by atoms with van der Waals surface area (Å²) in [6.45, 7) is 55.5. The number of aliphatic hydroxyl groups is 2. The molecule has 6 unspecified atom stereocenters. The summed E-state index contributed by atoms with van der Waals surface area (Å²) in [4.78, 5) is 28.4. The Morgan fingerprint density at radius 1 is 0.517 bits per heavy atom. The highest BCUT2D eigenvalue weighted by Gasteiger charge is 2.50. The topological polar surface area (TPSA) is 92.2 Å². The lowest BCUT2D eigenvalue weighted by Gasteiger charge is -2.53. The zero-order chi connectivity index (χ0) is 68.1. The standard InChI is InChI=1S/C16H26N2.C14H19NO.C10H20ClN.C10H21NO.C10H19NO.C10H21N.C7H15N/c1-15(2)11-14(12-16(3,4)18(15)5)17-13-9-7-6-8-10-13;1-10-12-7-13(16)14(10)15(9-12)8-11-5-3-2-4-6-11;1-9(2)6-8(11)7-10(3,4)12(9)5;2*1-9(2)6-8(12)7-10(3,4)11(9)5;1-9(2)7-6-8-10(3,4)11(9)5;1-6-4-5-8(3)7(6)2/h6-10,14,17H,11-12H2,1-5H3;2-6,10,12-14,16H,7-9H2,1H3;8H,6-7H2,1-5H3;8,12H,6-7H2,1-5H3;6-7H2,1-5H3;6-8H2,1-5H3;6-7H,4-5H2,1-3H3. The minimum absolute atomic E-state index is 0.0266. The van der Waals surface area contributed by atoms with Crippen LogP contribution >= 0.6 is 11.6 Å². The summed E-state index contributed by atoms with van der Waals surface area (Å²) >= 11 is 6.22. The minimum atomic E-state index is -0.133. The molecule has 12 heteroatoms. The van der Waals surface area contributed by atoms with Crippen molar-refractivity contribution < 1.29 is 15.0 Å². The summed E-state index contributed by atoms with van der Waals surface area (Å²) < 4.78 is 0. The van der Waals surface area contributed by atoms with Crippen molar-refractivity contribution in [3.63, 3.8) is 0 Å². The molecule has 8 fully saturated rings. The molecule has 0 amide bonds. The number of rotatable bonds is 4. The molecule has 10 rings (SSSR count). The van der Waals surface area contributed by atoms with Gasteiger partial charge in [-0.25, -0.2) is 0 Å². The summed E-state index contributed by atoms with van der Waals surface area (Å²) in [6, 6.07) is 22.9. The number of piperidine rings is 6. The van der Waals surface area contributed by atoms with Crippen LogP contribution in [0.15, 0.2) is 60.7 Å². The van der Waals surface area contributed by atoms with Gasteiger partial charge in [-0.15, -0.1) is 11.6 Å². The molecule has 0 aromatic heterocycles. The Bertz CT molecular complexity index is 2320. The predicted molar refractivity (Wildman–Crippen MR) is 385 cm³/mol. The van der Waals surface area contributed by atoms with Crippen molar-refractivity contribution in [3.05, 3.63) is 66.2 Å². The van der Waals surface area contributed by atoms with Crippen molar-refractivity contribution in [1.29, 1.82) is 0 Å². The Kier molecular flexibility index (Phi) is 27.4. The normalized spacial score (nSPS) is 31.2. The summed E-state index contributed by atoms with van der Waals surface area (Å²) in [5.41, 5.74) is 4.68. The van der Waals surface area contributed by atoms with Gasteiger partial charge in [0, 0.05) is 111 Å². The third kappa shape index (κ3) is 21.7. The fraction of sp³-hybridized carbons (Fsp3) is 0.831. The second-order valence-electron chi connectivity index (χ2n) is 35.7. The number of benzene rings is 2. The van der Waals surface area contributed by atoms with E-state index in [1.807, 2.05) is 0 Å². The van der Waals surface area contributed by atoms with E-state index in [1.165, 1.54) is 56.3 Å². The van der Waals surface area contributed by atoms with Crippen molar-refractivity contribution in [2.24, 2.45) is 17.8 Å². The Morgan fingerprint density at radius 3 is 1.26 bits per heavy atom. The molecule has 7 saturated heterocycles. The average molecular weight is 1260 g/mol. The maximum Gasteiger partial charge on any atom is 0.136 e. The van der Waals surface area contributed by atoms with Gasteiger partial charge in [-0.05, 0) is 300 Å². The number of likely N-dealkylation sites (tertiary alicyclic amines) is 7. The third-order valence-electron chi connectivity index (χ3n) is 24.3. The molecule has 2 aromatic carbocycles. The molecule has 7 aliphatic heterocycles. The maximum atomic E-state index is 11.4. The first-order valence-corrected chi connectivity index (χ1v) is 35.4. The summed E-state index contributed by atoms with van der Waals surface area (Å²) in [7, 11) is 13.1. The lowest BCUT2D eigenvalue weighted by atomic mass is 9.77. The number of hydrogen-bond acceptors (Lipinski definition) is 11. The highest BCUT2D eigenvalue weighted by molar-refractivity contribution is 6.20.